The molecular formula is C12H13BrFNS. The SMILES string of the molecule is CCC(C)CSc1ccc(C#N)c(Br)c1F. The number of nitrogens with zero attached hydrogens (tertiary/aromatic N) is 1. The zero-order valence-corrected chi connectivity index (χ0v) is 11.7. The van der Waals surface area contributed by atoms with Gasteiger partial charge in [0.2, 0.25) is 0 Å². The largest absolute Gasteiger partial charge is 0.204 e. The Morgan fingerprint density at radius 3 is 2.81 bits per heavy atom. The fraction of sp³-hybridized carbons (Fsp3) is 0.417. The molecule has 0 bridgehead atoms. The van der Waals surface area contributed by atoms with Gasteiger partial charge in [-0.05, 0) is 34.0 Å². The van der Waals surface area contributed by atoms with E-state index in [1.807, 2.05) is 6.07 Å². The van der Waals surface area contributed by atoms with Crippen molar-refractivity contribution < 1.29 is 4.39 Å². The second-order valence-corrected chi connectivity index (χ2v) is 5.53. The molecule has 1 nitrogen and oxygen atoms in total. The number of hydrogen-bond acceptors (Lipinski definition) is 2. The number of hydrogen-bond donors (Lipinski definition) is 0. The Balaban J connectivity index is 2.84. The van der Waals surface area contributed by atoms with Crippen LogP contribution in [0.2, 0.25) is 0 Å². The summed E-state index contributed by atoms with van der Waals surface area (Å²) in [7, 11) is 0. The Bertz CT molecular complexity index is 414. The van der Waals surface area contributed by atoms with Crippen LogP contribution < -0.4 is 0 Å². The molecule has 0 amide bonds. The Morgan fingerprint density at radius 1 is 1.56 bits per heavy atom. The van der Waals surface area contributed by atoms with Crippen LogP contribution in [0.4, 0.5) is 4.39 Å². The predicted octanol–water partition coefficient (Wildman–Crippen LogP) is 4.60. The fourth-order valence-corrected chi connectivity index (χ4v) is 2.74. The summed E-state index contributed by atoms with van der Waals surface area (Å²) < 4.78 is 14.1. The maximum atomic E-state index is 13.8. The molecule has 4 heteroatoms. The summed E-state index contributed by atoms with van der Waals surface area (Å²) in [5, 5.41) is 8.74. The Morgan fingerprint density at radius 2 is 2.25 bits per heavy atom. The molecule has 0 aliphatic rings. The molecule has 0 heterocycles. The molecule has 0 saturated heterocycles. The highest BCUT2D eigenvalue weighted by molar-refractivity contribution is 9.10. The van der Waals surface area contributed by atoms with Crippen molar-refractivity contribution in [3.63, 3.8) is 0 Å². The van der Waals surface area contributed by atoms with Gasteiger partial charge in [-0.1, -0.05) is 20.3 Å². The fourth-order valence-electron chi connectivity index (χ4n) is 1.08. The third-order valence-electron chi connectivity index (χ3n) is 2.39. The molecule has 1 aromatic carbocycles. The Kier molecular flexibility index (Phi) is 5.30. The molecule has 0 saturated carbocycles. The van der Waals surface area contributed by atoms with Crippen molar-refractivity contribution in [3.8, 4) is 6.07 Å². The average Bonchev–Trinajstić information content (AvgIpc) is 2.30. The number of halogens is 2. The van der Waals surface area contributed by atoms with Gasteiger partial charge in [0, 0.05) is 10.6 Å². The minimum Gasteiger partial charge on any atom is -0.204 e. The van der Waals surface area contributed by atoms with Crippen LogP contribution in [0.5, 0.6) is 0 Å². The molecular weight excluding hydrogens is 289 g/mol. The molecule has 86 valence electrons. The second-order valence-electron chi connectivity index (χ2n) is 3.68. The molecule has 0 fully saturated rings. The zero-order chi connectivity index (χ0) is 12.1. The van der Waals surface area contributed by atoms with Crippen LogP contribution in [0, 0.1) is 23.1 Å². The van der Waals surface area contributed by atoms with Crippen molar-refractivity contribution in [2.24, 2.45) is 5.92 Å². The van der Waals surface area contributed by atoms with E-state index >= 15 is 0 Å². The van der Waals surface area contributed by atoms with Gasteiger partial charge in [0.25, 0.3) is 0 Å². The van der Waals surface area contributed by atoms with Crippen molar-refractivity contribution in [2.45, 2.75) is 25.2 Å². The lowest BCUT2D eigenvalue weighted by Gasteiger charge is -2.09. The van der Waals surface area contributed by atoms with E-state index in [9.17, 15) is 4.39 Å². The van der Waals surface area contributed by atoms with Crippen LogP contribution in [-0.2, 0) is 0 Å². The van der Waals surface area contributed by atoms with Gasteiger partial charge in [0.05, 0.1) is 10.0 Å². The molecule has 1 rings (SSSR count). The van der Waals surface area contributed by atoms with Gasteiger partial charge >= 0.3 is 0 Å². The van der Waals surface area contributed by atoms with Crippen molar-refractivity contribution in [1.82, 2.24) is 0 Å². The first-order valence-corrected chi connectivity index (χ1v) is 6.88. The lowest BCUT2D eigenvalue weighted by Crippen LogP contribution is -1.96. The Hall–Kier alpha value is -0.530. The van der Waals surface area contributed by atoms with E-state index in [1.165, 1.54) is 11.8 Å². The first-order chi connectivity index (χ1) is 7.60. The third-order valence-corrected chi connectivity index (χ3v) is 4.52. The minimum absolute atomic E-state index is 0.268. The number of rotatable bonds is 4. The average molecular weight is 302 g/mol. The van der Waals surface area contributed by atoms with Crippen LogP contribution in [0.15, 0.2) is 21.5 Å². The summed E-state index contributed by atoms with van der Waals surface area (Å²) >= 11 is 4.60. The van der Waals surface area contributed by atoms with Gasteiger partial charge in [-0.2, -0.15) is 5.26 Å². The summed E-state index contributed by atoms with van der Waals surface area (Å²) in [6.07, 6.45) is 1.09. The molecule has 0 aliphatic carbocycles. The maximum Gasteiger partial charge on any atom is 0.152 e. The molecule has 1 atom stereocenters. The van der Waals surface area contributed by atoms with Crippen LogP contribution >= 0.6 is 27.7 Å². The third kappa shape index (κ3) is 3.23. The molecule has 0 N–H and O–H groups in total. The van der Waals surface area contributed by atoms with Crippen molar-refractivity contribution >= 4 is 27.7 Å². The first kappa shape index (κ1) is 13.5. The van der Waals surface area contributed by atoms with Gasteiger partial charge in [-0.25, -0.2) is 4.39 Å². The highest BCUT2D eigenvalue weighted by Crippen LogP contribution is 2.31. The molecule has 1 aromatic rings. The highest BCUT2D eigenvalue weighted by atomic mass is 79.9. The van der Waals surface area contributed by atoms with E-state index in [0.717, 1.165) is 12.2 Å². The summed E-state index contributed by atoms with van der Waals surface area (Å²) in [5.41, 5.74) is 0.338. The van der Waals surface area contributed by atoms with Gasteiger partial charge in [0.1, 0.15) is 6.07 Å². The minimum atomic E-state index is -0.327. The van der Waals surface area contributed by atoms with E-state index in [2.05, 4.69) is 29.8 Å². The van der Waals surface area contributed by atoms with Crippen molar-refractivity contribution in [1.29, 1.82) is 5.26 Å². The molecule has 16 heavy (non-hydrogen) atoms. The lowest BCUT2D eigenvalue weighted by atomic mass is 10.2. The predicted molar refractivity (Wildman–Crippen MR) is 69.0 cm³/mol. The molecule has 0 aliphatic heterocycles. The quantitative estimate of drug-likeness (QED) is 0.759. The molecule has 1 unspecified atom stereocenters. The smallest absolute Gasteiger partial charge is 0.152 e. The Labute approximate surface area is 108 Å². The van der Waals surface area contributed by atoms with Gasteiger partial charge in [0.15, 0.2) is 5.82 Å². The standard InChI is InChI=1S/C12H13BrFNS/c1-3-8(2)7-16-10-5-4-9(6-15)11(13)12(10)14/h4-5,8H,3,7H2,1-2H3. The first-order valence-electron chi connectivity index (χ1n) is 5.11. The van der Waals surface area contributed by atoms with Gasteiger partial charge < -0.3 is 0 Å². The summed E-state index contributed by atoms with van der Waals surface area (Å²) in [6.45, 7) is 4.26. The normalized spacial score (nSPS) is 12.2. The summed E-state index contributed by atoms with van der Waals surface area (Å²) in [4.78, 5) is 0.603. The van der Waals surface area contributed by atoms with E-state index in [1.54, 1.807) is 12.1 Å². The van der Waals surface area contributed by atoms with E-state index in [-0.39, 0.29) is 10.3 Å². The highest BCUT2D eigenvalue weighted by Gasteiger charge is 2.12. The molecule has 0 spiro atoms. The number of thioether (sulfide) groups is 1. The second kappa shape index (κ2) is 6.27. The van der Waals surface area contributed by atoms with Crippen LogP contribution in [0.1, 0.15) is 25.8 Å². The van der Waals surface area contributed by atoms with Crippen LogP contribution in [-0.4, -0.2) is 5.75 Å². The van der Waals surface area contributed by atoms with Gasteiger partial charge in [-0.3, -0.25) is 0 Å². The van der Waals surface area contributed by atoms with Gasteiger partial charge in [-0.15, -0.1) is 11.8 Å². The summed E-state index contributed by atoms with van der Waals surface area (Å²) in [5.74, 6) is 1.14. The van der Waals surface area contributed by atoms with Crippen molar-refractivity contribution in [2.75, 3.05) is 5.75 Å². The lowest BCUT2D eigenvalue weighted by molar-refractivity contribution is 0.592. The summed E-state index contributed by atoms with van der Waals surface area (Å²) in [6, 6.07) is 5.26. The van der Waals surface area contributed by atoms with E-state index < -0.39 is 0 Å². The van der Waals surface area contributed by atoms with Crippen LogP contribution in [0.3, 0.4) is 0 Å². The number of nitriles is 1. The van der Waals surface area contributed by atoms with Crippen LogP contribution in [0.25, 0.3) is 0 Å². The topological polar surface area (TPSA) is 23.8 Å². The zero-order valence-electron chi connectivity index (χ0n) is 9.26. The van der Waals surface area contributed by atoms with E-state index in [0.29, 0.717) is 16.4 Å². The molecule has 0 radical (unpaired) electrons. The monoisotopic (exact) mass is 301 g/mol. The maximum absolute atomic E-state index is 13.8. The van der Waals surface area contributed by atoms with Crippen molar-refractivity contribution in [3.05, 3.63) is 28.0 Å². The molecule has 0 aromatic heterocycles. The number of benzene rings is 1. The van der Waals surface area contributed by atoms with E-state index in [4.69, 9.17) is 5.26 Å².